The lowest BCUT2D eigenvalue weighted by atomic mass is 9.68. The van der Waals surface area contributed by atoms with Crippen molar-refractivity contribution in [2.75, 3.05) is 49.8 Å². The number of nitrogens with zero attached hydrogens (tertiary/aromatic N) is 4. The second kappa shape index (κ2) is 14.3. The number of aromatic nitrogens is 2. The summed E-state index contributed by atoms with van der Waals surface area (Å²) in [5.41, 5.74) is 3.63. The third-order valence-electron chi connectivity index (χ3n) is 11.7. The highest BCUT2D eigenvalue weighted by Gasteiger charge is 2.44. The van der Waals surface area contributed by atoms with Crippen LogP contribution < -0.4 is 14.4 Å². The average molecular weight is 747 g/mol. The molecule has 2 aromatic carbocycles. The largest absolute Gasteiger partial charge is 0.490 e. The average Bonchev–Trinajstić information content (AvgIpc) is 3.49. The predicted octanol–water partition coefficient (Wildman–Crippen LogP) is 6.92. The number of hydrogen-bond donors (Lipinski definition) is 0. The molecule has 12 heteroatoms. The van der Waals surface area contributed by atoms with Crippen molar-refractivity contribution in [2.24, 2.45) is 22.1 Å². The van der Waals surface area contributed by atoms with Crippen molar-refractivity contribution < 1.29 is 28.0 Å². The summed E-state index contributed by atoms with van der Waals surface area (Å²) in [7, 11) is -1.55. The summed E-state index contributed by atoms with van der Waals surface area (Å²) in [6.45, 7) is 5.21. The SMILES string of the molecule is CO[C@H]1/C=C/C[C@H](C)C[S@@](=O)(CC(=O)c2cc3n(n2)CCCO3)=NC(=O)c2ccc3c(c2)N(C[C@@H]2CC[C@H]21)C[C@@]1(CCCc2cc(Cl)ccc21)CO3. The lowest BCUT2D eigenvalue weighted by Gasteiger charge is -2.46. The van der Waals surface area contributed by atoms with Gasteiger partial charge in [0, 0.05) is 61.0 Å². The first-order valence-electron chi connectivity index (χ1n) is 18.6. The Kier molecular flexibility index (Phi) is 9.72. The molecule has 1 fully saturated rings. The van der Waals surface area contributed by atoms with Gasteiger partial charge in [0.05, 0.1) is 40.5 Å². The summed E-state index contributed by atoms with van der Waals surface area (Å²) in [6, 6.07) is 13.3. The van der Waals surface area contributed by atoms with E-state index < -0.39 is 27.2 Å². The maximum absolute atomic E-state index is 14.7. The minimum Gasteiger partial charge on any atom is -0.490 e. The molecule has 1 saturated carbocycles. The van der Waals surface area contributed by atoms with E-state index in [-0.39, 0.29) is 28.9 Å². The molecule has 0 radical (unpaired) electrons. The molecule has 1 aromatic heterocycles. The Balaban J connectivity index is 1.18. The van der Waals surface area contributed by atoms with Gasteiger partial charge in [-0.2, -0.15) is 9.46 Å². The monoisotopic (exact) mass is 746 g/mol. The van der Waals surface area contributed by atoms with Crippen molar-refractivity contribution >= 4 is 38.7 Å². The topological polar surface area (TPSA) is 112 Å². The van der Waals surface area contributed by atoms with Gasteiger partial charge in [0.15, 0.2) is 5.78 Å². The molecule has 0 saturated heterocycles. The molecule has 52 heavy (non-hydrogen) atoms. The van der Waals surface area contributed by atoms with Crippen molar-refractivity contribution in [2.45, 2.75) is 69.9 Å². The lowest BCUT2D eigenvalue weighted by Crippen LogP contribution is -2.49. The van der Waals surface area contributed by atoms with Crippen LogP contribution in [-0.4, -0.2) is 76.7 Å². The fraction of sp³-hybridized carbons (Fsp3) is 0.525. The fourth-order valence-corrected chi connectivity index (χ4v) is 11.4. The zero-order valence-corrected chi connectivity index (χ0v) is 31.5. The van der Waals surface area contributed by atoms with E-state index in [1.165, 1.54) is 11.1 Å². The number of amides is 1. The zero-order chi connectivity index (χ0) is 36.0. The first kappa shape index (κ1) is 35.4. The third-order valence-corrected chi connectivity index (χ3v) is 14.3. The Hall–Kier alpha value is -3.67. The maximum atomic E-state index is 14.7. The van der Waals surface area contributed by atoms with E-state index in [4.69, 9.17) is 25.8 Å². The number of aryl methyl sites for hydroxylation is 2. The second-order valence-electron chi connectivity index (χ2n) is 15.5. The van der Waals surface area contributed by atoms with Gasteiger partial charge < -0.3 is 19.1 Å². The Morgan fingerprint density at radius 3 is 2.83 bits per heavy atom. The van der Waals surface area contributed by atoms with Gasteiger partial charge in [-0.15, -0.1) is 0 Å². The molecule has 5 aliphatic rings. The van der Waals surface area contributed by atoms with Gasteiger partial charge in [-0.1, -0.05) is 36.7 Å². The quantitative estimate of drug-likeness (QED) is 0.209. The number of benzene rings is 2. The minimum absolute atomic E-state index is 0.0502. The Labute approximate surface area is 311 Å². The van der Waals surface area contributed by atoms with Crippen LogP contribution in [-0.2, 0) is 32.8 Å². The number of Topliss-reactive ketones (excluding diaryl/α,β-unsaturated/α-hetero) is 1. The molecular weight excluding hydrogens is 700 g/mol. The summed E-state index contributed by atoms with van der Waals surface area (Å²) >= 11 is 6.47. The molecule has 1 spiro atoms. The molecule has 2 bridgehead atoms. The zero-order valence-electron chi connectivity index (χ0n) is 29.9. The van der Waals surface area contributed by atoms with Gasteiger partial charge in [-0.25, -0.2) is 8.89 Å². The highest BCUT2D eigenvalue weighted by molar-refractivity contribution is 7.94. The van der Waals surface area contributed by atoms with Crippen molar-refractivity contribution in [3.8, 4) is 11.6 Å². The van der Waals surface area contributed by atoms with Crippen LogP contribution in [0.3, 0.4) is 0 Å². The van der Waals surface area contributed by atoms with Crippen molar-refractivity contribution in [1.29, 1.82) is 0 Å². The lowest BCUT2D eigenvalue weighted by molar-refractivity contribution is 0.0131. The molecule has 1 amide bonds. The van der Waals surface area contributed by atoms with E-state index in [0.29, 0.717) is 55.2 Å². The number of ether oxygens (including phenoxy) is 3. The van der Waals surface area contributed by atoms with Gasteiger partial charge >= 0.3 is 0 Å². The van der Waals surface area contributed by atoms with Gasteiger partial charge in [0.1, 0.15) is 11.4 Å². The van der Waals surface area contributed by atoms with Crippen molar-refractivity contribution in [3.63, 3.8) is 0 Å². The normalized spacial score (nSPS) is 30.7. The summed E-state index contributed by atoms with van der Waals surface area (Å²) in [5, 5.41) is 5.17. The Bertz CT molecular complexity index is 2010. The molecule has 3 aliphatic heterocycles. The van der Waals surface area contributed by atoms with E-state index >= 15 is 0 Å². The first-order chi connectivity index (χ1) is 25.1. The summed E-state index contributed by atoms with van der Waals surface area (Å²) in [6.07, 6.45) is 10.8. The summed E-state index contributed by atoms with van der Waals surface area (Å²) in [5.74, 6) is 0.547. The number of hydrogen-bond acceptors (Lipinski definition) is 8. The van der Waals surface area contributed by atoms with Crippen LogP contribution in [0.25, 0.3) is 0 Å². The van der Waals surface area contributed by atoms with E-state index in [9.17, 15) is 13.8 Å². The van der Waals surface area contributed by atoms with E-state index in [0.717, 1.165) is 62.3 Å². The Morgan fingerprint density at radius 1 is 1.13 bits per heavy atom. The molecular formula is C40H47ClN4O6S. The summed E-state index contributed by atoms with van der Waals surface area (Å²) < 4.78 is 39.2. The van der Waals surface area contributed by atoms with Crippen LogP contribution in [0.4, 0.5) is 5.69 Å². The molecule has 276 valence electrons. The third kappa shape index (κ3) is 6.92. The second-order valence-corrected chi connectivity index (χ2v) is 18.2. The smallest absolute Gasteiger partial charge is 0.285 e. The number of carbonyl (C=O) groups excluding carboxylic acids is 2. The minimum atomic E-state index is -3.33. The fourth-order valence-electron chi connectivity index (χ4n) is 8.95. The molecule has 0 N–H and O–H groups in total. The van der Waals surface area contributed by atoms with Crippen molar-refractivity contribution in [3.05, 3.63) is 82.0 Å². The van der Waals surface area contributed by atoms with Crippen LogP contribution in [0, 0.1) is 17.8 Å². The molecule has 6 atom stereocenters. The van der Waals surface area contributed by atoms with Crippen molar-refractivity contribution in [1.82, 2.24) is 9.78 Å². The van der Waals surface area contributed by atoms with Gasteiger partial charge in [0.2, 0.25) is 5.88 Å². The molecule has 3 aromatic rings. The molecule has 4 heterocycles. The van der Waals surface area contributed by atoms with Gasteiger partial charge in [-0.05, 0) is 97.7 Å². The van der Waals surface area contributed by atoms with Crippen LogP contribution in [0.1, 0.15) is 77.4 Å². The number of ketones is 1. The van der Waals surface area contributed by atoms with Crippen LogP contribution in [0.15, 0.2) is 59.0 Å². The standard InChI is InChI=1S/C40H47ClN4O6S/c1-26-6-3-8-36(49-2)31-12-9-29(31)21-44-24-40(15-4-7-27-18-30(41)11-13-32(27)40)25-51-37-14-10-28(19-34(37)44)39(47)43-52(48,22-26)23-35(46)33-20-38-45(42-33)16-5-17-50-38/h3,8,10-11,13-14,18-20,26,29,31,36H,4-7,9,12,15-17,21-25H2,1-2H3/b8-3+/t26-,29-,31+,36-,40-,52+/m0/s1. The Morgan fingerprint density at radius 2 is 2.02 bits per heavy atom. The number of carbonyl (C=O) groups is 2. The number of halogens is 1. The number of allylic oxidation sites excluding steroid dienone is 1. The first-order valence-corrected chi connectivity index (χ1v) is 20.9. The van der Waals surface area contributed by atoms with Gasteiger partial charge in [-0.3, -0.25) is 9.59 Å². The highest BCUT2D eigenvalue weighted by atomic mass is 35.5. The molecule has 8 rings (SSSR count). The van der Waals surface area contributed by atoms with E-state index in [1.54, 1.807) is 23.9 Å². The van der Waals surface area contributed by atoms with Crippen LogP contribution >= 0.6 is 11.6 Å². The number of fused-ring (bicyclic) bond motifs is 5. The predicted molar refractivity (Wildman–Crippen MR) is 201 cm³/mol. The summed E-state index contributed by atoms with van der Waals surface area (Å²) in [4.78, 5) is 30.1. The maximum Gasteiger partial charge on any atom is 0.285 e. The number of anilines is 1. The van der Waals surface area contributed by atoms with E-state index in [2.05, 4.69) is 38.6 Å². The molecule has 0 unspecified atom stereocenters. The van der Waals surface area contributed by atoms with Crippen LogP contribution in [0.5, 0.6) is 11.6 Å². The number of methoxy groups -OCH3 is 1. The van der Waals surface area contributed by atoms with Gasteiger partial charge in [0.25, 0.3) is 5.91 Å². The molecule has 2 aliphatic carbocycles. The van der Waals surface area contributed by atoms with Crippen LogP contribution in [0.2, 0.25) is 5.02 Å². The number of rotatable bonds is 4. The highest BCUT2D eigenvalue weighted by Crippen LogP contribution is 2.47. The van der Waals surface area contributed by atoms with E-state index in [1.807, 2.05) is 25.1 Å². The molecule has 10 nitrogen and oxygen atoms in total.